The van der Waals surface area contributed by atoms with Gasteiger partial charge in [-0.05, 0) is 39.8 Å². The van der Waals surface area contributed by atoms with E-state index in [2.05, 4.69) is 10.3 Å². The molecule has 1 fully saturated rings. The number of carbonyl (C=O) groups excluding carboxylic acids is 2. The highest BCUT2D eigenvalue weighted by atomic mass is 19.1. The number of hydrogen-bond donors (Lipinski definition) is 1. The maximum atomic E-state index is 14.3. The first-order chi connectivity index (χ1) is 11.7. The molecule has 138 valence electrons. The van der Waals surface area contributed by atoms with Crippen molar-refractivity contribution in [3.63, 3.8) is 0 Å². The topological polar surface area (TPSA) is 74.8 Å². The van der Waals surface area contributed by atoms with Gasteiger partial charge in [-0.3, -0.25) is 4.79 Å². The predicted octanol–water partition coefficient (Wildman–Crippen LogP) is 2.03. The van der Waals surface area contributed by atoms with Gasteiger partial charge in [-0.2, -0.15) is 4.39 Å². The van der Waals surface area contributed by atoms with Crippen LogP contribution in [0, 0.1) is 5.95 Å². The summed E-state index contributed by atoms with van der Waals surface area (Å²) in [5.74, 6) is -1.09. The molecule has 1 N–H and O–H groups in total. The molecule has 0 radical (unpaired) electrons. The van der Waals surface area contributed by atoms with Crippen molar-refractivity contribution in [1.82, 2.24) is 15.2 Å². The molecular formula is C17H25FN4O3. The number of halogens is 1. The van der Waals surface area contributed by atoms with Crippen LogP contribution in [0.25, 0.3) is 0 Å². The monoisotopic (exact) mass is 352 g/mol. The maximum absolute atomic E-state index is 14.3. The van der Waals surface area contributed by atoms with E-state index in [4.69, 9.17) is 4.74 Å². The fourth-order valence-corrected chi connectivity index (χ4v) is 2.50. The minimum absolute atomic E-state index is 0.0514. The number of piperazine rings is 1. The van der Waals surface area contributed by atoms with Crippen molar-refractivity contribution in [3.05, 3.63) is 23.8 Å². The Bertz CT molecular complexity index is 637. The Hall–Kier alpha value is -2.38. The molecule has 1 saturated heterocycles. The lowest BCUT2D eigenvalue weighted by Crippen LogP contribution is -2.50. The number of ether oxygens (including phenoxy) is 1. The predicted molar refractivity (Wildman–Crippen MR) is 92.2 cm³/mol. The lowest BCUT2D eigenvalue weighted by Gasteiger charge is -2.36. The van der Waals surface area contributed by atoms with Gasteiger partial charge in [-0.15, -0.1) is 0 Å². The Labute approximate surface area is 147 Å². The summed E-state index contributed by atoms with van der Waals surface area (Å²) in [6, 6.07) is 3.06. The standard InChI is InChI=1S/C17H25FN4O3/c1-5-19-15(23)12-6-7-13(14(18)20-12)21-8-10-22(11-9-21)16(24)25-17(2,3)4/h6-7H,5,8-11H2,1-4H3,(H,19,23). The van der Waals surface area contributed by atoms with Crippen molar-refractivity contribution in [2.75, 3.05) is 37.6 Å². The molecule has 1 aliphatic rings. The van der Waals surface area contributed by atoms with Crippen LogP contribution in [-0.4, -0.2) is 60.2 Å². The fraction of sp³-hybridized carbons (Fsp3) is 0.588. The number of aromatic nitrogens is 1. The fourth-order valence-electron chi connectivity index (χ4n) is 2.50. The van der Waals surface area contributed by atoms with Gasteiger partial charge >= 0.3 is 6.09 Å². The summed E-state index contributed by atoms with van der Waals surface area (Å²) in [5, 5.41) is 2.59. The third-order valence-electron chi connectivity index (χ3n) is 3.67. The molecule has 2 amide bonds. The molecule has 0 bridgehead atoms. The molecule has 0 atom stereocenters. The molecule has 0 spiro atoms. The van der Waals surface area contributed by atoms with E-state index >= 15 is 0 Å². The van der Waals surface area contributed by atoms with E-state index in [1.54, 1.807) is 17.9 Å². The van der Waals surface area contributed by atoms with Gasteiger partial charge in [-0.1, -0.05) is 0 Å². The normalized spacial score (nSPS) is 15.1. The molecule has 25 heavy (non-hydrogen) atoms. The van der Waals surface area contributed by atoms with Gasteiger partial charge in [0.1, 0.15) is 11.3 Å². The molecule has 7 nitrogen and oxygen atoms in total. The van der Waals surface area contributed by atoms with Crippen LogP contribution in [0.5, 0.6) is 0 Å². The average molecular weight is 352 g/mol. The minimum Gasteiger partial charge on any atom is -0.444 e. The Balaban J connectivity index is 1.99. The van der Waals surface area contributed by atoms with E-state index < -0.39 is 17.5 Å². The highest BCUT2D eigenvalue weighted by Gasteiger charge is 2.27. The number of rotatable bonds is 3. The van der Waals surface area contributed by atoms with Crippen LogP contribution < -0.4 is 10.2 Å². The van der Waals surface area contributed by atoms with Crippen molar-refractivity contribution >= 4 is 17.7 Å². The second-order valence-corrected chi connectivity index (χ2v) is 6.82. The highest BCUT2D eigenvalue weighted by Crippen LogP contribution is 2.20. The summed E-state index contributed by atoms with van der Waals surface area (Å²) < 4.78 is 19.6. The van der Waals surface area contributed by atoms with E-state index in [1.807, 2.05) is 25.7 Å². The maximum Gasteiger partial charge on any atom is 0.410 e. The first-order valence-electron chi connectivity index (χ1n) is 8.39. The lowest BCUT2D eigenvalue weighted by molar-refractivity contribution is 0.0240. The van der Waals surface area contributed by atoms with Crippen molar-refractivity contribution in [2.45, 2.75) is 33.3 Å². The van der Waals surface area contributed by atoms with Crippen LogP contribution in [-0.2, 0) is 4.74 Å². The van der Waals surface area contributed by atoms with Gasteiger partial charge in [0.2, 0.25) is 5.95 Å². The Morgan fingerprint density at radius 3 is 2.40 bits per heavy atom. The Kier molecular flexibility index (Phi) is 5.81. The summed E-state index contributed by atoms with van der Waals surface area (Å²) >= 11 is 0. The number of pyridine rings is 1. The molecule has 1 aromatic rings. The van der Waals surface area contributed by atoms with Gasteiger partial charge in [-0.25, -0.2) is 9.78 Å². The third kappa shape index (κ3) is 5.04. The molecule has 2 heterocycles. The quantitative estimate of drug-likeness (QED) is 0.843. The van der Waals surface area contributed by atoms with E-state index in [9.17, 15) is 14.0 Å². The molecule has 8 heteroatoms. The second kappa shape index (κ2) is 7.67. The number of amides is 2. The summed E-state index contributed by atoms with van der Waals surface area (Å²) in [5.41, 5.74) is -0.161. The summed E-state index contributed by atoms with van der Waals surface area (Å²) in [6.07, 6.45) is -0.364. The SMILES string of the molecule is CCNC(=O)c1ccc(N2CCN(C(=O)OC(C)(C)C)CC2)c(F)n1. The molecule has 0 saturated carbocycles. The molecule has 0 unspecified atom stereocenters. The molecule has 1 aromatic heterocycles. The summed E-state index contributed by atoms with van der Waals surface area (Å²) in [7, 11) is 0. The van der Waals surface area contributed by atoms with E-state index in [0.29, 0.717) is 38.4 Å². The summed E-state index contributed by atoms with van der Waals surface area (Å²) in [6.45, 7) is 9.51. The molecule has 1 aliphatic heterocycles. The molecule has 2 rings (SSSR count). The van der Waals surface area contributed by atoms with Crippen LogP contribution in [0.15, 0.2) is 12.1 Å². The zero-order valence-corrected chi connectivity index (χ0v) is 15.1. The number of nitrogens with one attached hydrogen (secondary N) is 1. The smallest absolute Gasteiger partial charge is 0.410 e. The van der Waals surface area contributed by atoms with Gasteiger partial charge in [0.05, 0.1) is 5.69 Å². The van der Waals surface area contributed by atoms with Crippen molar-refractivity contribution in [1.29, 1.82) is 0 Å². The van der Waals surface area contributed by atoms with Gasteiger partial charge in [0, 0.05) is 32.7 Å². The molecule has 0 aliphatic carbocycles. The second-order valence-electron chi connectivity index (χ2n) is 6.82. The summed E-state index contributed by atoms with van der Waals surface area (Å²) in [4.78, 5) is 30.9. The van der Waals surface area contributed by atoms with E-state index in [-0.39, 0.29) is 11.8 Å². The van der Waals surface area contributed by atoms with E-state index in [1.165, 1.54) is 6.07 Å². The number of anilines is 1. The van der Waals surface area contributed by atoms with Crippen LogP contribution in [0.3, 0.4) is 0 Å². The molecule has 0 aromatic carbocycles. The van der Waals surface area contributed by atoms with Crippen LogP contribution >= 0.6 is 0 Å². The van der Waals surface area contributed by atoms with Crippen LogP contribution in [0.1, 0.15) is 38.2 Å². The van der Waals surface area contributed by atoms with Gasteiger partial charge < -0.3 is 19.9 Å². The first-order valence-corrected chi connectivity index (χ1v) is 8.39. The number of hydrogen-bond acceptors (Lipinski definition) is 5. The van der Waals surface area contributed by atoms with Crippen molar-refractivity contribution in [3.8, 4) is 0 Å². The zero-order chi connectivity index (χ0) is 18.6. The third-order valence-corrected chi connectivity index (χ3v) is 3.67. The lowest BCUT2D eigenvalue weighted by atomic mass is 10.2. The first kappa shape index (κ1) is 19.0. The van der Waals surface area contributed by atoms with Gasteiger partial charge in [0.25, 0.3) is 5.91 Å². The van der Waals surface area contributed by atoms with Crippen LogP contribution in [0.2, 0.25) is 0 Å². The van der Waals surface area contributed by atoms with Crippen molar-refractivity contribution in [2.24, 2.45) is 0 Å². The minimum atomic E-state index is -0.686. The Morgan fingerprint density at radius 1 is 1.24 bits per heavy atom. The molecular weight excluding hydrogens is 327 g/mol. The van der Waals surface area contributed by atoms with Crippen molar-refractivity contribution < 1.29 is 18.7 Å². The van der Waals surface area contributed by atoms with Gasteiger partial charge in [0.15, 0.2) is 0 Å². The number of nitrogens with zero attached hydrogens (tertiary/aromatic N) is 3. The van der Waals surface area contributed by atoms with E-state index in [0.717, 1.165) is 0 Å². The van der Waals surface area contributed by atoms with Crippen LogP contribution in [0.4, 0.5) is 14.9 Å². The highest BCUT2D eigenvalue weighted by molar-refractivity contribution is 5.92. The largest absolute Gasteiger partial charge is 0.444 e. The average Bonchev–Trinajstić information content (AvgIpc) is 2.53. The zero-order valence-electron chi connectivity index (χ0n) is 15.1. The Morgan fingerprint density at radius 2 is 1.88 bits per heavy atom. The number of carbonyl (C=O) groups is 2.